The Bertz CT molecular complexity index is 580. The van der Waals surface area contributed by atoms with E-state index in [-0.39, 0.29) is 23.5 Å². The van der Waals surface area contributed by atoms with Gasteiger partial charge in [0.15, 0.2) is 0 Å². The Labute approximate surface area is 135 Å². The van der Waals surface area contributed by atoms with Crippen LogP contribution in [-0.4, -0.2) is 52.7 Å². The number of amides is 2. The SMILES string of the molecule is CNC(=O)c1ccc(O[C@@H]2CN(C(=O)O)[C@@H]2CC(C)(C)C)cn1. The van der Waals surface area contributed by atoms with Crippen LogP contribution in [0.15, 0.2) is 18.3 Å². The first-order chi connectivity index (χ1) is 10.7. The highest BCUT2D eigenvalue weighted by Crippen LogP contribution is 2.33. The molecule has 0 radical (unpaired) electrons. The topological polar surface area (TPSA) is 91.8 Å². The number of rotatable bonds is 4. The van der Waals surface area contributed by atoms with Crippen LogP contribution in [0.2, 0.25) is 0 Å². The van der Waals surface area contributed by atoms with E-state index in [0.29, 0.717) is 24.4 Å². The highest BCUT2D eigenvalue weighted by molar-refractivity contribution is 5.91. The average Bonchev–Trinajstić information content (AvgIpc) is 2.47. The van der Waals surface area contributed by atoms with E-state index in [1.54, 1.807) is 19.2 Å². The van der Waals surface area contributed by atoms with Gasteiger partial charge in [0.05, 0.1) is 18.8 Å². The van der Waals surface area contributed by atoms with Crippen molar-refractivity contribution >= 4 is 12.0 Å². The maximum atomic E-state index is 11.5. The quantitative estimate of drug-likeness (QED) is 0.885. The fourth-order valence-corrected chi connectivity index (χ4v) is 2.61. The largest absolute Gasteiger partial charge is 0.485 e. The maximum Gasteiger partial charge on any atom is 0.407 e. The molecule has 0 spiro atoms. The Kier molecular flexibility index (Phi) is 4.77. The molecule has 1 aromatic heterocycles. The Balaban J connectivity index is 2.04. The second kappa shape index (κ2) is 6.44. The van der Waals surface area contributed by atoms with Crippen molar-refractivity contribution in [3.05, 3.63) is 24.0 Å². The monoisotopic (exact) mass is 321 g/mol. The van der Waals surface area contributed by atoms with Crippen molar-refractivity contribution in [1.29, 1.82) is 0 Å². The van der Waals surface area contributed by atoms with Gasteiger partial charge in [0, 0.05) is 7.05 Å². The van der Waals surface area contributed by atoms with Gasteiger partial charge in [0.25, 0.3) is 5.91 Å². The highest BCUT2D eigenvalue weighted by atomic mass is 16.5. The van der Waals surface area contributed by atoms with Gasteiger partial charge in [0.1, 0.15) is 17.5 Å². The number of carbonyl (C=O) groups excluding carboxylic acids is 1. The number of pyridine rings is 1. The van der Waals surface area contributed by atoms with Crippen molar-refractivity contribution < 1.29 is 19.4 Å². The lowest BCUT2D eigenvalue weighted by Crippen LogP contribution is -2.64. The minimum absolute atomic E-state index is 0.00170. The fraction of sp³-hybridized carbons (Fsp3) is 0.562. The molecule has 1 aliphatic heterocycles. The first kappa shape index (κ1) is 17.1. The molecular weight excluding hydrogens is 298 g/mol. The number of carbonyl (C=O) groups is 2. The maximum absolute atomic E-state index is 11.5. The zero-order chi connectivity index (χ0) is 17.2. The van der Waals surface area contributed by atoms with Gasteiger partial charge < -0.3 is 15.2 Å². The zero-order valence-electron chi connectivity index (χ0n) is 13.9. The number of nitrogens with zero attached hydrogens (tertiary/aromatic N) is 2. The van der Waals surface area contributed by atoms with E-state index < -0.39 is 6.09 Å². The summed E-state index contributed by atoms with van der Waals surface area (Å²) in [6.45, 7) is 6.56. The minimum atomic E-state index is -0.924. The van der Waals surface area contributed by atoms with Crippen molar-refractivity contribution in [3.8, 4) is 5.75 Å². The molecule has 0 aliphatic carbocycles. The van der Waals surface area contributed by atoms with Gasteiger partial charge in [-0.25, -0.2) is 9.78 Å². The Morgan fingerprint density at radius 2 is 2.13 bits per heavy atom. The summed E-state index contributed by atoms with van der Waals surface area (Å²) < 4.78 is 5.86. The number of nitrogens with one attached hydrogen (secondary N) is 1. The molecule has 1 aliphatic rings. The van der Waals surface area contributed by atoms with Gasteiger partial charge in [-0.3, -0.25) is 9.69 Å². The summed E-state index contributed by atoms with van der Waals surface area (Å²) in [4.78, 5) is 28.1. The number of hydrogen-bond acceptors (Lipinski definition) is 4. The molecule has 0 bridgehead atoms. The van der Waals surface area contributed by atoms with E-state index in [2.05, 4.69) is 31.1 Å². The smallest absolute Gasteiger partial charge is 0.407 e. The first-order valence-electron chi connectivity index (χ1n) is 7.55. The number of carboxylic acid groups (broad SMARTS) is 1. The van der Waals surface area contributed by atoms with Crippen LogP contribution in [-0.2, 0) is 0 Å². The molecule has 1 saturated heterocycles. The van der Waals surface area contributed by atoms with Crippen molar-refractivity contribution in [1.82, 2.24) is 15.2 Å². The standard InChI is InChI=1S/C16H23N3O4/c1-16(2,3)7-12-13(9-19(12)15(21)22)23-10-5-6-11(18-8-10)14(20)17-4/h5-6,8,12-13H,7,9H2,1-4H3,(H,17,20)(H,21,22)/t12-,13-/m1/s1. The molecule has 7 heteroatoms. The Hall–Kier alpha value is -2.31. The van der Waals surface area contributed by atoms with Crippen LogP contribution >= 0.6 is 0 Å². The molecule has 23 heavy (non-hydrogen) atoms. The van der Waals surface area contributed by atoms with Crippen molar-refractivity contribution in [2.24, 2.45) is 5.41 Å². The fourth-order valence-electron chi connectivity index (χ4n) is 2.61. The van der Waals surface area contributed by atoms with Gasteiger partial charge in [-0.2, -0.15) is 0 Å². The number of likely N-dealkylation sites (tertiary alicyclic amines) is 1. The first-order valence-corrected chi connectivity index (χ1v) is 7.55. The minimum Gasteiger partial charge on any atom is -0.485 e. The van der Waals surface area contributed by atoms with Crippen LogP contribution in [0.5, 0.6) is 5.75 Å². The highest BCUT2D eigenvalue weighted by Gasteiger charge is 2.45. The van der Waals surface area contributed by atoms with Gasteiger partial charge in [-0.15, -0.1) is 0 Å². The number of hydrogen-bond donors (Lipinski definition) is 2. The molecule has 0 saturated carbocycles. The molecule has 2 N–H and O–H groups in total. The third-order valence-corrected chi connectivity index (χ3v) is 3.76. The summed E-state index contributed by atoms with van der Waals surface area (Å²) in [5, 5.41) is 11.7. The van der Waals surface area contributed by atoms with Crippen LogP contribution in [0, 0.1) is 5.41 Å². The molecule has 2 amide bonds. The molecule has 7 nitrogen and oxygen atoms in total. The summed E-state index contributed by atoms with van der Waals surface area (Å²) >= 11 is 0. The molecule has 126 valence electrons. The van der Waals surface area contributed by atoms with Gasteiger partial charge in [0.2, 0.25) is 0 Å². The average molecular weight is 321 g/mol. The second-order valence-corrected chi connectivity index (χ2v) is 6.88. The number of aromatic nitrogens is 1. The lowest BCUT2D eigenvalue weighted by Gasteiger charge is -2.48. The van der Waals surface area contributed by atoms with Crippen molar-refractivity contribution in [2.45, 2.75) is 39.3 Å². The van der Waals surface area contributed by atoms with Crippen LogP contribution < -0.4 is 10.1 Å². The van der Waals surface area contributed by atoms with E-state index >= 15 is 0 Å². The Morgan fingerprint density at radius 1 is 1.43 bits per heavy atom. The summed E-state index contributed by atoms with van der Waals surface area (Å²) in [7, 11) is 1.54. The molecule has 1 fully saturated rings. The third-order valence-electron chi connectivity index (χ3n) is 3.76. The molecule has 1 aromatic rings. The molecule has 2 rings (SSSR count). The van der Waals surface area contributed by atoms with Gasteiger partial charge in [-0.1, -0.05) is 20.8 Å². The number of ether oxygens (including phenoxy) is 1. The lowest BCUT2D eigenvalue weighted by molar-refractivity contribution is -0.0467. The summed E-state index contributed by atoms with van der Waals surface area (Å²) in [6.07, 6.45) is 1.08. The molecule has 0 unspecified atom stereocenters. The second-order valence-electron chi connectivity index (χ2n) is 6.88. The van der Waals surface area contributed by atoms with Crippen molar-refractivity contribution in [2.75, 3.05) is 13.6 Å². The molecule has 2 heterocycles. The van der Waals surface area contributed by atoms with Crippen LogP contribution in [0.25, 0.3) is 0 Å². The van der Waals surface area contributed by atoms with Crippen LogP contribution in [0.4, 0.5) is 4.79 Å². The molecule has 2 atom stereocenters. The van der Waals surface area contributed by atoms with Crippen molar-refractivity contribution in [3.63, 3.8) is 0 Å². The predicted octanol–water partition coefficient (Wildman–Crippen LogP) is 1.99. The normalized spacial score (nSPS) is 20.6. The van der Waals surface area contributed by atoms with Gasteiger partial charge >= 0.3 is 6.09 Å². The van der Waals surface area contributed by atoms with Gasteiger partial charge in [-0.05, 0) is 24.0 Å². The molecule has 0 aromatic carbocycles. The van der Waals surface area contributed by atoms with E-state index in [9.17, 15) is 14.7 Å². The third kappa shape index (κ3) is 4.12. The van der Waals surface area contributed by atoms with E-state index in [4.69, 9.17) is 4.74 Å². The van der Waals surface area contributed by atoms with Crippen LogP contribution in [0.3, 0.4) is 0 Å². The van der Waals surface area contributed by atoms with E-state index in [1.807, 2.05) is 0 Å². The Morgan fingerprint density at radius 3 is 2.61 bits per heavy atom. The summed E-state index contributed by atoms with van der Waals surface area (Å²) in [5.41, 5.74) is 0.314. The van der Waals surface area contributed by atoms with Crippen LogP contribution in [0.1, 0.15) is 37.7 Å². The zero-order valence-corrected chi connectivity index (χ0v) is 13.9. The van der Waals surface area contributed by atoms with E-state index in [0.717, 1.165) is 0 Å². The summed E-state index contributed by atoms with van der Waals surface area (Å²) in [5.74, 6) is 0.273. The van der Waals surface area contributed by atoms with E-state index in [1.165, 1.54) is 11.1 Å². The summed E-state index contributed by atoms with van der Waals surface area (Å²) in [6, 6.07) is 3.08. The molecular formula is C16H23N3O4. The lowest BCUT2D eigenvalue weighted by atomic mass is 9.82. The predicted molar refractivity (Wildman–Crippen MR) is 84.6 cm³/mol.